The Morgan fingerprint density at radius 3 is 1.89 bits per heavy atom. The van der Waals surface area contributed by atoms with Gasteiger partial charge < -0.3 is 4.42 Å². The monoisotopic (exact) mass is 124 g/mol. The van der Waals surface area contributed by atoms with Gasteiger partial charge in [0.05, 0.1) is 11.1 Å². The molecule has 1 heterocycles. The third kappa shape index (κ3) is 0.887. The number of hydrogen-bond donors (Lipinski definition) is 0. The van der Waals surface area contributed by atoms with Crippen LogP contribution in [0.25, 0.3) is 0 Å². The molecule has 0 atom stereocenters. The molecule has 0 aliphatic rings. The summed E-state index contributed by atoms with van der Waals surface area (Å²) in [7, 11) is 0. The molecule has 1 rings (SSSR count). The number of furan rings is 1. The number of hydrogen-bond acceptors (Lipinski definition) is 3. The largest absolute Gasteiger partial charge is 0.471 e. The van der Waals surface area contributed by atoms with Gasteiger partial charge in [-0.1, -0.05) is 0 Å². The second kappa shape index (κ2) is 2.26. The summed E-state index contributed by atoms with van der Waals surface area (Å²) in [4.78, 5) is 20.1. The summed E-state index contributed by atoms with van der Waals surface area (Å²) in [6.45, 7) is 0. The summed E-state index contributed by atoms with van der Waals surface area (Å²) >= 11 is 0. The topological polar surface area (TPSA) is 47.3 Å². The average Bonchev–Trinajstić information content (AvgIpc) is 2.33. The average molecular weight is 124 g/mol. The van der Waals surface area contributed by atoms with Crippen molar-refractivity contribution < 1.29 is 14.0 Å². The summed E-state index contributed by atoms with van der Waals surface area (Å²) in [5.74, 6) is 0. The van der Waals surface area contributed by atoms with E-state index in [-0.39, 0.29) is 0 Å². The van der Waals surface area contributed by atoms with Gasteiger partial charge in [-0.2, -0.15) is 0 Å². The lowest BCUT2D eigenvalue weighted by atomic mass is 10.2. The van der Waals surface area contributed by atoms with Crippen LogP contribution in [0.5, 0.6) is 0 Å². The van der Waals surface area contributed by atoms with E-state index in [1.54, 1.807) is 0 Å². The highest BCUT2D eigenvalue weighted by Crippen LogP contribution is 2.03. The first-order valence-electron chi connectivity index (χ1n) is 2.35. The molecule has 0 aliphatic carbocycles. The molecule has 0 saturated carbocycles. The molecule has 0 spiro atoms. The number of carbonyl (C=O) groups is 2. The Morgan fingerprint density at radius 1 is 1.11 bits per heavy atom. The Labute approximate surface area is 51.3 Å². The van der Waals surface area contributed by atoms with E-state index in [1.165, 1.54) is 12.5 Å². The molecule has 0 aromatic carbocycles. The number of aldehydes is 2. The summed E-state index contributed by atoms with van der Waals surface area (Å²) in [5, 5.41) is 0. The van der Waals surface area contributed by atoms with Gasteiger partial charge in [0, 0.05) is 0 Å². The molecule has 9 heavy (non-hydrogen) atoms. The van der Waals surface area contributed by atoms with Crippen molar-refractivity contribution in [1.29, 1.82) is 0 Å². The van der Waals surface area contributed by atoms with E-state index in [2.05, 4.69) is 4.42 Å². The Hall–Kier alpha value is -1.38. The molecule has 1 aromatic rings. The number of rotatable bonds is 2. The molecule has 46 valence electrons. The van der Waals surface area contributed by atoms with Crippen molar-refractivity contribution in [3.8, 4) is 0 Å². The van der Waals surface area contributed by atoms with E-state index in [4.69, 9.17) is 0 Å². The summed E-state index contributed by atoms with van der Waals surface area (Å²) < 4.78 is 4.56. The highest BCUT2D eigenvalue weighted by molar-refractivity contribution is 5.89. The van der Waals surface area contributed by atoms with Crippen molar-refractivity contribution in [2.75, 3.05) is 0 Å². The third-order valence-corrected chi connectivity index (χ3v) is 0.977. The van der Waals surface area contributed by atoms with Crippen LogP contribution in [0.15, 0.2) is 16.9 Å². The van der Waals surface area contributed by atoms with Gasteiger partial charge in [-0.3, -0.25) is 9.59 Å². The quantitative estimate of drug-likeness (QED) is 0.550. The fraction of sp³-hybridized carbons (Fsp3) is 0. The van der Waals surface area contributed by atoms with Crippen LogP contribution >= 0.6 is 0 Å². The molecule has 1 aromatic heterocycles. The van der Waals surface area contributed by atoms with Crippen LogP contribution in [0.3, 0.4) is 0 Å². The second-order valence-electron chi connectivity index (χ2n) is 1.52. The van der Waals surface area contributed by atoms with E-state index in [0.29, 0.717) is 23.7 Å². The smallest absolute Gasteiger partial charge is 0.154 e. The van der Waals surface area contributed by atoms with Crippen molar-refractivity contribution in [2.24, 2.45) is 0 Å². The van der Waals surface area contributed by atoms with Gasteiger partial charge in [0.15, 0.2) is 12.6 Å². The van der Waals surface area contributed by atoms with Gasteiger partial charge in [-0.25, -0.2) is 0 Å². The molecule has 0 unspecified atom stereocenters. The second-order valence-corrected chi connectivity index (χ2v) is 1.52. The molecule has 0 amide bonds. The molecule has 0 saturated heterocycles. The Bertz CT molecular complexity index is 201. The van der Waals surface area contributed by atoms with Crippen molar-refractivity contribution in [2.45, 2.75) is 0 Å². The minimum Gasteiger partial charge on any atom is -0.471 e. The van der Waals surface area contributed by atoms with Crippen molar-refractivity contribution in [3.63, 3.8) is 0 Å². The predicted octanol–water partition coefficient (Wildman–Crippen LogP) is 0.905. The maximum Gasteiger partial charge on any atom is 0.154 e. The van der Waals surface area contributed by atoms with Gasteiger partial charge in [0.25, 0.3) is 0 Å². The first-order chi connectivity index (χ1) is 4.38. The van der Waals surface area contributed by atoms with Crippen molar-refractivity contribution >= 4 is 12.6 Å². The van der Waals surface area contributed by atoms with Gasteiger partial charge in [0.2, 0.25) is 0 Å². The minimum absolute atomic E-state index is 0.296. The molecule has 0 bridgehead atoms. The van der Waals surface area contributed by atoms with Crippen LogP contribution in [-0.4, -0.2) is 12.6 Å². The fourth-order valence-corrected chi connectivity index (χ4v) is 0.508. The van der Waals surface area contributed by atoms with Crippen LogP contribution in [-0.2, 0) is 0 Å². The van der Waals surface area contributed by atoms with Crippen LogP contribution in [0, 0.1) is 0 Å². The Morgan fingerprint density at radius 2 is 1.56 bits per heavy atom. The van der Waals surface area contributed by atoms with Gasteiger partial charge in [-0.15, -0.1) is 0 Å². The maximum atomic E-state index is 10.0. The first-order valence-corrected chi connectivity index (χ1v) is 2.35. The fourth-order valence-electron chi connectivity index (χ4n) is 0.508. The van der Waals surface area contributed by atoms with E-state index >= 15 is 0 Å². The van der Waals surface area contributed by atoms with E-state index < -0.39 is 0 Å². The summed E-state index contributed by atoms with van der Waals surface area (Å²) in [6, 6.07) is 0. The molecule has 0 radical (unpaired) electrons. The maximum absolute atomic E-state index is 10.0. The van der Waals surface area contributed by atoms with Crippen LogP contribution in [0.4, 0.5) is 0 Å². The zero-order chi connectivity index (χ0) is 6.69. The van der Waals surface area contributed by atoms with Gasteiger partial charge >= 0.3 is 0 Å². The minimum atomic E-state index is 0.296. The zero-order valence-electron chi connectivity index (χ0n) is 4.53. The molecular weight excluding hydrogens is 120 g/mol. The van der Waals surface area contributed by atoms with Crippen LogP contribution in [0.2, 0.25) is 0 Å². The van der Waals surface area contributed by atoms with Gasteiger partial charge in [-0.05, 0) is 0 Å². The molecule has 3 heteroatoms. The third-order valence-electron chi connectivity index (χ3n) is 0.977. The first kappa shape index (κ1) is 5.75. The van der Waals surface area contributed by atoms with E-state index in [1.807, 2.05) is 0 Å². The molecule has 0 N–H and O–H groups in total. The highest BCUT2D eigenvalue weighted by atomic mass is 16.3. The van der Waals surface area contributed by atoms with Crippen LogP contribution < -0.4 is 0 Å². The predicted molar refractivity (Wildman–Crippen MR) is 29.5 cm³/mol. The number of carbonyl (C=O) groups excluding carboxylic acids is 2. The SMILES string of the molecule is O=Cc1cocc1C=O. The molecule has 0 aliphatic heterocycles. The van der Waals surface area contributed by atoms with Crippen molar-refractivity contribution in [1.82, 2.24) is 0 Å². The molecule has 3 nitrogen and oxygen atoms in total. The summed E-state index contributed by atoms with van der Waals surface area (Å²) in [6.07, 6.45) is 3.62. The highest BCUT2D eigenvalue weighted by Gasteiger charge is 2.00. The standard InChI is InChI=1S/C6H4O3/c7-1-5-3-9-4-6(5)2-8/h1-4H. The Kier molecular flexibility index (Phi) is 1.44. The summed E-state index contributed by atoms with van der Waals surface area (Å²) in [5.41, 5.74) is 0.593. The lowest BCUT2D eigenvalue weighted by molar-refractivity contribution is 0.109. The lowest BCUT2D eigenvalue weighted by Crippen LogP contribution is -1.81. The molecule has 0 fully saturated rings. The zero-order valence-corrected chi connectivity index (χ0v) is 4.53. The normalized spacial score (nSPS) is 8.89. The van der Waals surface area contributed by atoms with E-state index in [0.717, 1.165) is 0 Å². The lowest BCUT2D eigenvalue weighted by Gasteiger charge is -1.75. The molecular formula is C6H4O3. The Balaban J connectivity index is 3.12. The van der Waals surface area contributed by atoms with Crippen molar-refractivity contribution in [3.05, 3.63) is 23.7 Å². The van der Waals surface area contributed by atoms with Crippen LogP contribution in [0.1, 0.15) is 20.7 Å². The van der Waals surface area contributed by atoms with Gasteiger partial charge in [0.1, 0.15) is 12.5 Å². The van der Waals surface area contributed by atoms with E-state index in [9.17, 15) is 9.59 Å².